The van der Waals surface area contributed by atoms with E-state index in [0.717, 1.165) is 30.2 Å². The summed E-state index contributed by atoms with van der Waals surface area (Å²) in [6, 6.07) is 14.4. The molecule has 0 radical (unpaired) electrons. The number of hydrogen-bond donors (Lipinski definition) is 1. The average molecular weight is 255 g/mol. The van der Waals surface area contributed by atoms with Crippen LogP contribution in [0.3, 0.4) is 0 Å². The van der Waals surface area contributed by atoms with E-state index in [0.29, 0.717) is 0 Å². The fourth-order valence-electron chi connectivity index (χ4n) is 1.99. The van der Waals surface area contributed by atoms with Crippen LogP contribution in [0.25, 0.3) is 0 Å². The summed E-state index contributed by atoms with van der Waals surface area (Å²) in [7, 11) is 0. The van der Waals surface area contributed by atoms with Gasteiger partial charge in [0.25, 0.3) is 0 Å². The Labute approximate surface area is 115 Å². The van der Waals surface area contributed by atoms with E-state index in [4.69, 9.17) is 4.74 Å². The third-order valence-corrected chi connectivity index (χ3v) is 3.13. The van der Waals surface area contributed by atoms with E-state index in [9.17, 15) is 0 Å². The van der Waals surface area contributed by atoms with E-state index in [1.54, 1.807) is 0 Å². The maximum atomic E-state index is 5.98. The van der Waals surface area contributed by atoms with Crippen LogP contribution < -0.4 is 10.1 Å². The van der Waals surface area contributed by atoms with Crippen LogP contribution in [0.5, 0.6) is 11.5 Å². The van der Waals surface area contributed by atoms with Crippen LogP contribution in [0.4, 0.5) is 0 Å². The molecule has 100 valence electrons. The molecule has 0 unspecified atom stereocenters. The molecule has 0 aromatic heterocycles. The van der Waals surface area contributed by atoms with Gasteiger partial charge in [-0.15, -0.1) is 0 Å². The Morgan fingerprint density at radius 1 is 0.947 bits per heavy atom. The first-order valence-electron chi connectivity index (χ1n) is 6.74. The van der Waals surface area contributed by atoms with Gasteiger partial charge in [-0.2, -0.15) is 0 Å². The van der Waals surface area contributed by atoms with Crippen LogP contribution in [-0.4, -0.2) is 6.54 Å². The van der Waals surface area contributed by atoms with Gasteiger partial charge in [0, 0.05) is 6.54 Å². The summed E-state index contributed by atoms with van der Waals surface area (Å²) in [5, 5.41) is 3.33. The lowest BCUT2D eigenvalue weighted by atomic mass is 10.1. The lowest BCUT2D eigenvalue weighted by Crippen LogP contribution is -2.11. The first-order valence-corrected chi connectivity index (χ1v) is 6.74. The molecule has 0 saturated carbocycles. The first-order chi connectivity index (χ1) is 9.20. The van der Waals surface area contributed by atoms with Gasteiger partial charge in [0.05, 0.1) is 0 Å². The molecule has 0 fully saturated rings. The van der Waals surface area contributed by atoms with Crippen LogP contribution in [0.15, 0.2) is 42.5 Å². The topological polar surface area (TPSA) is 21.3 Å². The van der Waals surface area contributed by atoms with Crippen molar-refractivity contribution in [3.05, 3.63) is 59.2 Å². The van der Waals surface area contributed by atoms with Crippen molar-refractivity contribution in [3.63, 3.8) is 0 Å². The highest BCUT2D eigenvalue weighted by Crippen LogP contribution is 2.27. The summed E-state index contributed by atoms with van der Waals surface area (Å²) in [4.78, 5) is 0. The van der Waals surface area contributed by atoms with Gasteiger partial charge in [-0.05, 0) is 49.2 Å². The second-order valence-electron chi connectivity index (χ2n) is 4.75. The van der Waals surface area contributed by atoms with Crippen LogP contribution in [0, 0.1) is 13.8 Å². The van der Waals surface area contributed by atoms with Gasteiger partial charge in [-0.25, -0.2) is 0 Å². The molecule has 0 amide bonds. The summed E-state index contributed by atoms with van der Waals surface area (Å²) >= 11 is 0. The lowest BCUT2D eigenvalue weighted by molar-refractivity contribution is 0.475. The SMILES string of the molecule is CCNCc1ccc(Oc2ccccc2C)c(C)c1. The van der Waals surface area contributed by atoms with Crippen molar-refractivity contribution >= 4 is 0 Å². The second kappa shape index (κ2) is 6.39. The fraction of sp³-hybridized carbons (Fsp3) is 0.294. The van der Waals surface area contributed by atoms with Gasteiger partial charge < -0.3 is 10.1 Å². The monoisotopic (exact) mass is 255 g/mol. The average Bonchev–Trinajstić information content (AvgIpc) is 2.41. The smallest absolute Gasteiger partial charge is 0.130 e. The zero-order chi connectivity index (χ0) is 13.7. The van der Waals surface area contributed by atoms with Crippen molar-refractivity contribution in [2.75, 3.05) is 6.54 Å². The van der Waals surface area contributed by atoms with E-state index in [-0.39, 0.29) is 0 Å². The zero-order valence-electron chi connectivity index (χ0n) is 11.9. The largest absolute Gasteiger partial charge is 0.457 e. The Kier molecular flexibility index (Phi) is 4.58. The summed E-state index contributed by atoms with van der Waals surface area (Å²) in [5.41, 5.74) is 3.61. The predicted octanol–water partition coefficient (Wildman–Crippen LogP) is 4.21. The number of benzene rings is 2. The number of rotatable bonds is 5. The molecule has 0 bridgehead atoms. The normalized spacial score (nSPS) is 10.5. The van der Waals surface area contributed by atoms with Gasteiger partial charge in [-0.1, -0.05) is 37.3 Å². The maximum absolute atomic E-state index is 5.98. The number of hydrogen-bond acceptors (Lipinski definition) is 2. The Bertz CT molecular complexity index is 549. The van der Waals surface area contributed by atoms with Gasteiger partial charge in [0.1, 0.15) is 11.5 Å². The molecule has 2 nitrogen and oxygen atoms in total. The molecular weight excluding hydrogens is 234 g/mol. The van der Waals surface area contributed by atoms with Crippen molar-refractivity contribution in [3.8, 4) is 11.5 Å². The minimum atomic E-state index is 0.905. The third kappa shape index (κ3) is 3.58. The maximum Gasteiger partial charge on any atom is 0.130 e. The number of nitrogens with one attached hydrogen (secondary N) is 1. The van der Waals surface area contributed by atoms with E-state index in [1.807, 2.05) is 18.2 Å². The molecule has 0 saturated heterocycles. The quantitative estimate of drug-likeness (QED) is 0.864. The van der Waals surface area contributed by atoms with Gasteiger partial charge in [-0.3, -0.25) is 0 Å². The molecule has 0 heterocycles. The van der Waals surface area contributed by atoms with Gasteiger partial charge >= 0.3 is 0 Å². The molecule has 2 aromatic rings. The molecule has 0 atom stereocenters. The summed E-state index contributed by atoms with van der Waals surface area (Å²) in [5.74, 6) is 1.85. The molecule has 2 heteroatoms. The Morgan fingerprint density at radius 3 is 2.37 bits per heavy atom. The van der Waals surface area contributed by atoms with Gasteiger partial charge in [0.15, 0.2) is 0 Å². The van der Waals surface area contributed by atoms with E-state index in [1.165, 1.54) is 11.1 Å². The molecule has 19 heavy (non-hydrogen) atoms. The van der Waals surface area contributed by atoms with Crippen molar-refractivity contribution < 1.29 is 4.74 Å². The highest BCUT2D eigenvalue weighted by Gasteiger charge is 2.04. The van der Waals surface area contributed by atoms with Crippen molar-refractivity contribution in [1.29, 1.82) is 0 Å². The number of aryl methyl sites for hydroxylation is 2. The van der Waals surface area contributed by atoms with Crippen molar-refractivity contribution in [1.82, 2.24) is 5.32 Å². The summed E-state index contributed by atoms with van der Waals surface area (Å²) in [6.07, 6.45) is 0. The van der Waals surface area contributed by atoms with Gasteiger partial charge in [0.2, 0.25) is 0 Å². The molecule has 0 aliphatic rings. The van der Waals surface area contributed by atoms with Crippen molar-refractivity contribution in [2.24, 2.45) is 0 Å². The Morgan fingerprint density at radius 2 is 1.68 bits per heavy atom. The summed E-state index contributed by atoms with van der Waals surface area (Å²) in [6.45, 7) is 8.15. The highest BCUT2D eigenvalue weighted by molar-refractivity contribution is 5.42. The van der Waals surface area contributed by atoms with Crippen LogP contribution in [0.1, 0.15) is 23.6 Å². The minimum absolute atomic E-state index is 0.905. The predicted molar refractivity (Wildman–Crippen MR) is 79.8 cm³/mol. The van der Waals surface area contributed by atoms with Crippen LogP contribution >= 0.6 is 0 Å². The van der Waals surface area contributed by atoms with Crippen molar-refractivity contribution in [2.45, 2.75) is 27.3 Å². The first kappa shape index (κ1) is 13.6. The molecule has 2 rings (SSSR count). The van der Waals surface area contributed by atoms with E-state index in [2.05, 4.69) is 50.4 Å². The molecule has 0 aliphatic heterocycles. The molecule has 1 N–H and O–H groups in total. The van der Waals surface area contributed by atoms with E-state index >= 15 is 0 Å². The number of ether oxygens (including phenoxy) is 1. The van der Waals surface area contributed by atoms with Crippen LogP contribution in [-0.2, 0) is 6.54 Å². The Hall–Kier alpha value is -1.80. The lowest BCUT2D eigenvalue weighted by Gasteiger charge is -2.12. The standard InChI is InChI=1S/C17H21NO/c1-4-18-12-15-9-10-17(14(3)11-15)19-16-8-6-5-7-13(16)2/h5-11,18H,4,12H2,1-3H3. The third-order valence-electron chi connectivity index (χ3n) is 3.13. The van der Waals surface area contributed by atoms with E-state index < -0.39 is 0 Å². The molecular formula is C17H21NO. The zero-order valence-corrected chi connectivity index (χ0v) is 11.9. The molecule has 0 spiro atoms. The second-order valence-corrected chi connectivity index (χ2v) is 4.75. The highest BCUT2D eigenvalue weighted by atomic mass is 16.5. The fourth-order valence-corrected chi connectivity index (χ4v) is 1.99. The Balaban J connectivity index is 2.15. The molecule has 0 aliphatic carbocycles. The molecule has 2 aromatic carbocycles. The number of para-hydroxylation sites is 1. The minimum Gasteiger partial charge on any atom is -0.457 e. The van der Waals surface area contributed by atoms with Crippen LogP contribution in [0.2, 0.25) is 0 Å². The summed E-state index contributed by atoms with van der Waals surface area (Å²) < 4.78 is 5.98.